The van der Waals surface area contributed by atoms with E-state index in [9.17, 15) is 4.79 Å². The monoisotopic (exact) mass is 439 g/mol. The van der Waals surface area contributed by atoms with Gasteiger partial charge in [-0.25, -0.2) is 0 Å². The maximum absolute atomic E-state index is 11.2. The molecule has 0 saturated heterocycles. The number of nitrogens with zero attached hydrogens (tertiary/aromatic N) is 1. The number of hydrogen-bond acceptors (Lipinski definition) is 2. The number of carbonyl (C=O) groups is 1. The molecule has 1 aromatic heterocycles. The number of fused-ring (bicyclic) bond motifs is 1. The van der Waals surface area contributed by atoms with Gasteiger partial charge in [0, 0.05) is 8.96 Å². The van der Waals surface area contributed by atoms with E-state index in [1.165, 1.54) is 6.08 Å². The summed E-state index contributed by atoms with van der Waals surface area (Å²) >= 11 is 4.38. The smallest absolute Gasteiger partial charge is 0.247 e. The topological polar surface area (TPSA) is 57.8 Å². The number of carbonyl (C=O) groups excluding carboxylic acids is 1. The summed E-state index contributed by atoms with van der Waals surface area (Å²) in [7, 11) is 0. The molecule has 0 fully saturated rings. The SMILES string of the molecule is C=CC(=O)Nc1ccc2n[nH]c(I)c2c1I. The molecule has 82 valence electrons. The molecule has 1 amide bonds. The molecule has 0 aliphatic rings. The Morgan fingerprint density at radius 2 is 2.25 bits per heavy atom. The third-order valence-corrected chi connectivity index (χ3v) is 3.96. The van der Waals surface area contributed by atoms with Crippen molar-refractivity contribution in [3.05, 3.63) is 32.1 Å². The van der Waals surface area contributed by atoms with Crippen molar-refractivity contribution in [2.24, 2.45) is 0 Å². The van der Waals surface area contributed by atoms with Gasteiger partial charge in [0.2, 0.25) is 5.91 Å². The summed E-state index contributed by atoms with van der Waals surface area (Å²) in [4.78, 5) is 11.2. The first-order valence-electron chi connectivity index (χ1n) is 4.39. The normalized spacial score (nSPS) is 10.4. The molecule has 0 bridgehead atoms. The van der Waals surface area contributed by atoms with Crippen LogP contribution in [-0.2, 0) is 4.79 Å². The number of aromatic nitrogens is 2. The van der Waals surface area contributed by atoms with E-state index >= 15 is 0 Å². The lowest BCUT2D eigenvalue weighted by Crippen LogP contribution is -2.08. The minimum absolute atomic E-state index is 0.212. The quantitative estimate of drug-likeness (QED) is 0.559. The number of H-pyrrole nitrogens is 1. The van der Waals surface area contributed by atoms with Crippen LogP contribution < -0.4 is 5.32 Å². The molecule has 2 aromatic rings. The third kappa shape index (κ3) is 2.08. The summed E-state index contributed by atoms with van der Waals surface area (Å²) in [6.07, 6.45) is 1.25. The van der Waals surface area contributed by atoms with Gasteiger partial charge in [-0.1, -0.05) is 6.58 Å². The van der Waals surface area contributed by atoms with E-state index in [4.69, 9.17) is 0 Å². The Morgan fingerprint density at radius 3 is 2.94 bits per heavy atom. The van der Waals surface area contributed by atoms with E-state index in [0.717, 1.165) is 23.9 Å². The number of benzene rings is 1. The molecule has 0 unspecified atom stereocenters. The molecule has 2 N–H and O–H groups in total. The highest BCUT2D eigenvalue weighted by atomic mass is 127. The third-order valence-electron chi connectivity index (χ3n) is 2.06. The Labute approximate surface area is 119 Å². The Morgan fingerprint density at radius 1 is 1.50 bits per heavy atom. The van der Waals surface area contributed by atoms with E-state index in [-0.39, 0.29) is 5.91 Å². The molecule has 16 heavy (non-hydrogen) atoms. The largest absolute Gasteiger partial charge is 0.322 e. The minimum atomic E-state index is -0.212. The van der Waals surface area contributed by atoms with Crippen LogP contribution in [-0.4, -0.2) is 16.1 Å². The van der Waals surface area contributed by atoms with Gasteiger partial charge in [-0.3, -0.25) is 9.89 Å². The van der Waals surface area contributed by atoms with Crippen LogP contribution in [0.4, 0.5) is 5.69 Å². The van der Waals surface area contributed by atoms with Crippen molar-refractivity contribution in [2.45, 2.75) is 0 Å². The van der Waals surface area contributed by atoms with Crippen LogP contribution in [0.25, 0.3) is 10.9 Å². The highest BCUT2D eigenvalue weighted by Crippen LogP contribution is 2.29. The summed E-state index contributed by atoms with van der Waals surface area (Å²) in [5.41, 5.74) is 1.67. The molecule has 0 aliphatic carbocycles. The van der Waals surface area contributed by atoms with Crippen LogP contribution in [0.3, 0.4) is 0 Å². The van der Waals surface area contributed by atoms with Crippen molar-refractivity contribution >= 4 is 67.7 Å². The molecule has 1 aromatic carbocycles. The second-order valence-electron chi connectivity index (χ2n) is 3.05. The van der Waals surface area contributed by atoms with Gasteiger partial charge in [-0.2, -0.15) is 5.10 Å². The summed E-state index contributed by atoms with van der Waals surface area (Å²) in [5, 5.41) is 10.9. The van der Waals surface area contributed by atoms with Gasteiger partial charge < -0.3 is 5.32 Å². The van der Waals surface area contributed by atoms with Gasteiger partial charge in [0.25, 0.3) is 0 Å². The van der Waals surface area contributed by atoms with Crippen molar-refractivity contribution in [1.82, 2.24) is 10.2 Å². The van der Waals surface area contributed by atoms with E-state index < -0.39 is 0 Å². The lowest BCUT2D eigenvalue weighted by Gasteiger charge is -2.05. The number of nitrogens with one attached hydrogen (secondary N) is 2. The number of hydrogen-bond donors (Lipinski definition) is 2. The Hall–Kier alpha value is -0.640. The van der Waals surface area contributed by atoms with Crippen LogP contribution >= 0.6 is 45.2 Å². The van der Waals surface area contributed by atoms with E-state index in [1.807, 2.05) is 12.1 Å². The van der Waals surface area contributed by atoms with Gasteiger partial charge >= 0.3 is 0 Å². The van der Waals surface area contributed by atoms with Crippen LogP contribution in [0.5, 0.6) is 0 Å². The Balaban J connectivity index is 2.55. The first kappa shape index (κ1) is 11.8. The fourth-order valence-electron chi connectivity index (χ4n) is 1.31. The number of anilines is 1. The first-order chi connectivity index (χ1) is 7.63. The van der Waals surface area contributed by atoms with Crippen LogP contribution in [0.1, 0.15) is 0 Å². The zero-order valence-corrected chi connectivity index (χ0v) is 12.4. The average molecular weight is 439 g/mol. The molecule has 2 rings (SSSR count). The summed E-state index contributed by atoms with van der Waals surface area (Å²) in [6, 6.07) is 3.71. The second-order valence-corrected chi connectivity index (χ2v) is 5.21. The molecule has 0 aliphatic heterocycles. The molecule has 0 spiro atoms. The maximum atomic E-state index is 11.2. The highest BCUT2D eigenvalue weighted by Gasteiger charge is 2.11. The van der Waals surface area contributed by atoms with Gasteiger partial charge in [0.1, 0.15) is 3.70 Å². The lowest BCUT2D eigenvalue weighted by molar-refractivity contribution is -0.111. The van der Waals surface area contributed by atoms with Crippen molar-refractivity contribution in [2.75, 3.05) is 5.32 Å². The van der Waals surface area contributed by atoms with Crippen molar-refractivity contribution in [3.8, 4) is 0 Å². The van der Waals surface area contributed by atoms with Crippen molar-refractivity contribution in [3.63, 3.8) is 0 Å². The molecule has 4 nitrogen and oxygen atoms in total. The Bertz CT molecular complexity index is 577. The van der Waals surface area contributed by atoms with Crippen molar-refractivity contribution in [1.29, 1.82) is 0 Å². The summed E-state index contributed by atoms with van der Waals surface area (Å²) in [6.45, 7) is 3.42. The van der Waals surface area contributed by atoms with E-state index in [1.54, 1.807) is 0 Å². The second kappa shape index (κ2) is 4.70. The number of amides is 1. The predicted octanol–water partition coefficient (Wildman–Crippen LogP) is 2.90. The van der Waals surface area contributed by atoms with Gasteiger partial charge in [0.05, 0.1) is 11.2 Å². The average Bonchev–Trinajstić information content (AvgIpc) is 2.65. The van der Waals surface area contributed by atoms with E-state index in [2.05, 4.69) is 67.3 Å². The predicted molar refractivity (Wildman–Crippen MR) is 80.4 cm³/mol. The van der Waals surface area contributed by atoms with Gasteiger partial charge in [0.15, 0.2) is 0 Å². The van der Waals surface area contributed by atoms with Crippen LogP contribution in [0.15, 0.2) is 24.8 Å². The standard InChI is InChI=1S/C10H7I2N3O/c1-2-7(16)13-6-4-3-5-8(9(6)11)10(12)15-14-5/h2-4H,1H2,(H,13,16)(H,14,15). The van der Waals surface area contributed by atoms with Gasteiger partial charge in [-0.05, 0) is 63.4 Å². The number of rotatable bonds is 2. The molecule has 0 atom stereocenters. The fraction of sp³-hybridized carbons (Fsp3) is 0. The zero-order chi connectivity index (χ0) is 11.7. The zero-order valence-electron chi connectivity index (χ0n) is 8.05. The molecule has 0 saturated carbocycles. The number of aromatic amines is 1. The first-order valence-corrected chi connectivity index (χ1v) is 6.54. The molecular weight excluding hydrogens is 432 g/mol. The molecular formula is C10H7I2N3O. The van der Waals surface area contributed by atoms with E-state index in [0.29, 0.717) is 0 Å². The van der Waals surface area contributed by atoms with Crippen LogP contribution in [0, 0.1) is 7.27 Å². The molecule has 0 radical (unpaired) electrons. The lowest BCUT2D eigenvalue weighted by atomic mass is 10.2. The minimum Gasteiger partial charge on any atom is -0.322 e. The summed E-state index contributed by atoms with van der Waals surface area (Å²) in [5.74, 6) is -0.212. The van der Waals surface area contributed by atoms with Crippen LogP contribution in [0.2, 0.25) is 0 Å². The number of halogens is 2. The Kier molecular flexibility index (Phi) is 3.47. The summed E-state index contributed by atoms with van der Waals surface area (Å²) < 4.78 is 1.94. The molecule has 1 heterocycles. The fourth-order valence-corrected chi connectivity index (χ4v) is 3.36. The molecule has 6 heteroatoms. The maximum Gasteiger partial charge on any atom is 0.247 e. The van der Waals surface area contributed by atoms with Crippen molar-refractivity contribution < 1.29 is 4.79 Å². The highest BCUT2D eigenvalue weighted by molar-refractivity contribution is 14.1. The van der Waals surface area contributed by atoms with Gasteiger partial charge in [-0.15, -0.1) is 0 Å².